The molecular weight excluding hydrogens is 270 g/mol. The molecule has 0 aliphatic heterocycles. The van der Waals surface area contributed by atoms with Crippen molar-refractivity contribution in [3.8, 4) is 0 Å². The fourth-order valence-electron chi connectivity index (χ4n) is 4.15. The molecule has 0 saturated heterocycles. The molecular formula is C20H17NO. The van der Waals surface area contributed by atoms with Crippen LogP contribution in [0.2, 0.25) is 0 Å². The summed E-state index contributed by atoms with van der Waals surface area (Å²) in [6.45, 7) is 0. The second-order valence-electron chi connectivity index (χ2n) is 6.43. The highest BCUT2D eigenvalue weighted by Gasteiger charge is 2.27. The van der Waals surface area contributed by atoms with E-state index in [1.807, 2.05) is 0 Å². The molecule has 3 N–H and O–H groups in total. The van der Waals surface area contributed by atoms with Crippen LogP contribution in [0.25, 0.3) is 32.3 Å². The van der Waals surface area contributed by atoms with Gasteiger partial charge in [0.15, 0.2) is 0 Å². The van der Waals surface area contributed by atoms with Crippen molar-refractivity contribution in [2.24, 2.45) is 5.73 Å². The van der Waals surface area contributed by atoms with E-state index in [2.05, 4.69) is 48.5 Å². The van der Waals surface area contributed by atoms with E-state index in [0.717, 1.165) is 18.4 Å². The highest BCUT2D eigenvalue weighted by Crippen LogP contribution is 2.41. The van der Waals surface area contributed by atoms with E-state index in [1.54, 1.807) is 0 Å². The number of aryl methyl sites for hydroxylation is 1. The van der Waals surface area contributed by atoms with Gasteiger partial charge in [-0.3, -0.25) is 0 Å². The molecule has 2 nitrogen and oxygen atoms in total. The highest BCUT2D eigenvalue weighted by molar-refractivity contribution is 6.23. The van der Waals surface area contributed by atoms with Gasteiger partial charge in [-0.1, -0.05) is 42.5 Å². The standard InChI is InChI=1S/C20H17NO/c21-20-16-10-13-5-4-11-2-1-3-12-6-7-15(19(13)18(11)12)14(16)8-9-17(20)22/h1-7,10,17,20,22H,8-9,21H2/t17-,20+/m0/s1. The maximum absolute atomic E-state index is 10.1. The van der Waals surface area contributed by atoms with Gasteiger partial charge in [-0.2, -0.15) is 0 Å². The fraction of sp³-hybridized carbons (Fsp3) is 0.200. The molecule has 4 aromatic rings. The summed E-state index contributed by atoms with van der Waals surface area (Å²) >= 11 is 0. The number of fused-ring (bicyclic) bond motifs is 2. The lowest BCUT2D eigenvalue weighted by molar-refractivity contribution is 0.128. The molecule has 1 aliphatic rings. The number of aliphatic hydroxyl groups is 1. The minimum Gasteiger partial charge on any atom is -0.391 e. The first-order chi connectivity index (χ1) is 10.7. The molecule has 0 saturated carbocycles. The first-order valence-electron chi connectivity index (χ1n) is 7.87. The first-order valence-corrected chi connectivity index (χ1v) is 7.87. The number of hydrogen-bond acceptors (Lipinski definition) is 2. The lowest BCUT2D eigenvalue weighted by atomic mass is 9.80. The zero-order valence-corrected chi connectivity index (χ0v) is 12.2. The van der Waals surface area contributed by atoms with Crippen LogP contribution in [-0.4, -0.2) is 11.2 Å². The molecule has 2 heteroatoms. The van der Waals surface area contributed by atoms with Crippen LogP contribution in [0.1, 0.15) is 23.6 Å². The van der Waals surface area contributed by atoms with Crippen molar-refractivity contribution in [2.75, 3.05) is 0 Å². The van der Waals surface area contributed by atoms with Crippen LogP contribution >= 0.6 is 0 Å². The molecule has 0 bridgehead atoms. The third-order valence-corrected chi connectivity index (χ3v) is 5.26. The van der Waals surface area contributed by atoms with E-state index in [9.17, 15) is 5.11 Å². The van der Waals surface area contributed by atoms with Gasteiger partial charge < -0.3 is 10.8 Å². The molecule has 4 aromatic carbocycles. The Kier molecular flexibility index (Phi) is 2.36. The van der Waals surface area contributed by atoms with Crippen LogP contribution in [0, 0.1) is 0 Å². The van der Waals surface area contributed by atoms with Gasteiger partial charge in [-0.15, -0.1) is 0 Å². The van der Waals surface area contributed by atoms with Gasteiger partial charge >= 0.3 is 0 Å². The van der Waals surface area contributed by atoms with Crippen LogP contribution in [0.3, 0.4) is 0 Å². The van der Waals surface area contributed by atoms with Crippen LogP contribution in [0.5, 0.6) is 0 Å². The van der Waals surface area contributed by atoms with E-state index in [4.69, 9.17) is 5.73 Å². The van der Waals surface area contributed by atoms with Crippen molar-refractivity contribution in [1.82, 2.24) is 0 Å². The molecule has 1 aliphatic carbocycles. The number of benzene rings is 4. The van der Waals surface area contributed by atoms with Gasteiger partial charge in [-0.25, -0.2) is 0 Å². The quantitative estimate of drug-likeness (QED) is 0.482. The topological polar surface area (TPSA) is 46.2 Å². The van der Waals surface area contributed by atoms with Crippen LogP contribution < -0.4 is 5.73 Å². The lowest BCUT2D eigenvalue weighted by Crippen LogP contribution is -2.31. The van der Waals surface area contributed by atoms with E-state index in [-0.39, 0.29) is 6.04 Å². The molecule has 5 rings (SSSR count). The molecule has 2 atom stereocenters. The Morgan fingerprint density at radius 2 is 1.64 bits per heavy atom. The minimum atomic E-state index is -0.430. The Balaban J connectivity index is 2.01. The van der Waals surface area contributed by atoms with Crippen molar-refractivity contribution >= 4 is 32.3 Å². The van der Waals surface area contributed by atoms with Gasteiger partial charge in [0.25, 0.3) is 0 Å². The van der Waals surface area contributed by atoms with E-state index in [0.29, 0.717) is 0 Å². The monoisotopic (exact) mass is 287 g/mol. The normalized spacial score (nSPS) is 21.7. The average Bonchev–Trinajstić information content (AvgIpc) is 2.56. The summed E-state index contributed by atoms with van der Waals surface area (Å²) in [7, 11) is 0. The van der Waals surface area contributed by atoms with E-state index in [1.165, 1.54) is 37.9 Å². The second kappa shape index (κ2) is 4.19. The molecule has 0 spiro atoms. The summed E-state index contributed by atoms with van der Waals surface area (Å²) in [5.41, 5.74) is 8.70. The Hall–Kier alpha value is -2.16. The van der Waals surface area contributed by atoms with Gasteiger partial charge in [0, 0.05) is 0 Å². The molecule has 0 unspecified atom stereocenters. The Labute approximate surface area is 128 Å². The van der Waals surface area contributed by atoms with E-state index < -0.39 is 6.10 Å². The van der Waals surface area contributed by atoms with Crippen molar-refractivity contribution in [3.63, 3.8) is 0 Å². The summed E-state index contributed by atoms with van der Waals surface area (Å²) in [6.07, 6.45) is 1.22. The van der Waals surface area contributed by atoms with Gasteiger partial charge in [0.1, 0.15) is 0 Å². The molecule has 0 fully saturated rings. The Morgan fingerprint density at radius 1 is 0.909 bits per heavy atom. The smallest absolute Gasteiger partial charge is 0.0736 e. The highest BCUT2D eigenvalue weighted by atomic mass is 16.3. The summed E-state index contributed by atoms with van der Waals surface area (Å²) in [5.74, 6) is 0. The molecule has 108 valence electrons. The minimum absolute atomic E-state index is 0.273. The predicted molar refractivity (Wildman–Crippen MR) is 91.4 cm³/mol. The largest absolute Gasteiger partial charge is 0.391 e. The lowest BCUT2D eigenvalue weighted by Gasteiger charge is -2.29. The Bertz CT molecular complexity index is 1000. The summed E-state index contributed by atoms with van der Waals surface area (Å²) < 4.78 is 0. The molecule has 0 heterocycles. The average molecular weight is 287 g/mol. The first kappa shape index (κ1) is 12.4. The number of aliphatic hydroxyl groups excluding tert-OH is 1. The molecule has 0 amide bonds. The second-order valence-corrected chi connectivity index (χ2v) is 6.43. The van der Waals surface area contributed by atoms with Crippen LogP contribution in [0.4, 0.5) is 0 Å². The third-order valence-electron chi connectivity index (χ3n) is 5.26. The number of hydrogen-bond donors (Lipinski definition) is 2. The van der Waals surface area contributed by atoms with Gasteiger partial charge in [0.05, 0.1) is 12.1 Å². The predicted octanol–water partition coefficient (Wildman–Crippen LogP) is 3.89. The van der Waals surface area contributed by atoms with Crippen molar-refractivity contribution in [3.05, 3.63) is 59.7 Å². The summed E-state index contributed by atoms with van der Waals surface area (Å²) in [6, 6.07) is 17.2. The van der Waals surface area contributed by atoms with Crippen molar-refractivity contribution in [1.29, 1.82) is 0 Å². The third kappa shape index (κ3) is 1.46. The van der Waals surface area contributed by atoms with Crippen molar-refractivity contribution in [2.45, 2.75) is 25.0 Å². The SMILES string of the molecule is N[C@@H]1c2cc3ccc4cccc5ccc(c2CC[C@@H]1O)c3c45. The number of nitrogens with two attached hydrogens (primary N) is 1. The van der Waals surface area contributed by atoms with Crippen LogP contribution in [0.15, 0.2) is 48.5 Å². The summed E-state index contributed by atoms with van der Waals surface area (Å²) in [4.78, 5) is 0. The zero-order chi connectivity index (χ0) is 14.8. The van der Waals surface area contributed by atoms with Crippen LogP contribution in [-0.2, 0) is 6.42 Å². The molecule has 22 heavy (non-hydrogen) atoms. The van der Waals surface area contributed by atoms with Gasteiger partial charge in [-0.05, 0) is 62.4 Å². The van der Waals surface area contributed by atoms with Crippen molar-refractivity contribution < 1.29 is 5.11 Å². The summed E-state index contributed by atoms with van der Waals surface area (Å²) in [5, 5.41) is 17.9. The maximum atomic E-state index is 10.1. The Morgan fingerprint density at radius 3 is 2.45 bits per heavy atom. The van der Waals surface area contributed by atoms with Gasteiger partial charge in [0.2, 0.25) is 0 Å². The molecule has 0 radical (unpaired) electrons. The number of rotatable bonds is 0. The maximum Gasteiger partial charge on any atom is 0.0736 e. The fourth-order valence-corrected chi connectivity index (χ4v) is 4.15. The van der Waals surface area contributed by atoms with E-state index >= 15 is 0 Å². The molecule has 0 aromatic heterocycles. The zero-order valence-electron chi connectivity index (χ0n) is 12.2.